The SMILES string of the molecule is Cc1cc(NC(=O)C2CCCCC2)ccc1C#CCO. The summed E-state index contributed by atoms with van der Waals surface area (Å²) in [6.45, 7) is 1.82. The lowest BCUT2D eigenvalue weighted by atomic mass is 9.88. The Hall–Kier alpha value is -1.79. The minimum absolute atomic E-state index is 0.137. The summed E-state index contributed by atoms with van der Waals surface area (Å²) < 4.78 is 0. The highest BCUT2D eigenvalue weighted by atomic mass is 16.2. The van der Waals surface area contributed by atoms with Crippen LogP contribution < -0.4 is 5.32 Å². The van der Waals surface area contributed by atoms with E-state index in [2.05, 4.69) is 17.2 Å². The van der Waals surface area contributed by atoms with Crippen LogP contribution in [0.2, 0.25) is 0 Å². The van der Waals surface area contributed by atoms with Crippen molar-refractivity contribution < 1.29 is 9.90 Å². The highest BCUT2D eigenvalue weighted by Gasteiger charge is 2.20. The molecule has 0 aliphatic heterocycles. The number of amides is 1. The minimum Gasteiger partial charge on any atom is -0.384 e. The summed E-state index contributed by atoms with van der Waals surface area (Å²) >= 11 is 0. The molecule has 20 heavy (non-hydrogen) atoms. The van der Waals surface area contributed by atoms with Gasteiger partial charge in [-0.05, 0) is 43.5 Å². The summed E-state index contributed by atoms with van der Waals surface area (Å²) in [5, 5.41) is 11.7. The number of aryl methyl sites for hydroxylation is 1. The van der Waals surface area contributed by atoms with Gasteiger partial charge in [-0.1, -0.05) is 31.1 Å². The first kappa shape index (κ1) is 14.6. The Kier molecular flexibility index (Phi) is 5.20. The molecule has 0 saturated heterocycles. The average molecular weight is 271 g/mol. The second kappa shape index (κ2) is 7.12. The van der Waals surface area contributed by atoms with Crippen molar-refractivity contribution in [2.75, 3.05) is 11.9 Å². The van der Waals surface area contributed by atoms with Crippen molar-refractivity contribution in [1.82, 2.24) is 0 Å². The van der Waals surface area contributed by atoms with Crippen LogP contribution in [0.3, 0.4) is 0 Å². The zero-order valence-corrected chi connectivity index (χ0v) is 11.9. The normalized spacial score (nSPS) is 15.3. The number of nitrogens with one attached hydrogen (secondary N) is 1. The molecule has 1 aliphatic carbocycles. The Morgan fingerprint density at radius 3 is 2.75 bits per heavy atom. The number of aliphatic hydroxyl groups is 1. The van der Waals surface area contributed by atoms with Gasteiger partial charge in [-0.2, -0.15) is 0 Å². The summed E-state index contributed by atoms with van der Waals surface area (Å²) in [5.41, 5.74) is 2.72. The molecule has 0 heterocycles. The minimum atomic E-state index is -0.139. The molecule has 1 aromatic rings. The molecular formula is C17H21NO2. The second-order valence-electron chi connectivity index (χ2n) is 5.31. The molecule has 2 rings (SSSR count). The monoisotopic (exact) mass is 271 g/mol. The van der Waals surface area contributed by atoms with E-state index in [9.17, 15) is 4.79 Å². The van der Waals surface area contributed by atoms with E-state index < -0.39 is 0 Å². The van der Waals surface area contributed by atoms with Gasteiger partial charge >= 0.3 is 0 Å². The van der Waals surface area contributed by atoms with Crippen LogP contribution in [0.4, 0.5) is 5.69 Å². The van der Waals surface area contributed by atoms with Gasteiger partial charge in [0.2, 0.25) is 5.91 Å². The lowest BCUT2D eigenvalue weighted by Crippen LogP contribution is -2.24. The molecule has 1 aliphatic rings. The molecule has 0 unspecified atom stereocenters. The molecule has 0 radical (unpaired) electrons. The number of carbonyl (C=O) groups is 1. The molecule has 106 valence electrons. The average Bonchev–Trinajstić information content (AvgIpc) is 2.47. The van der Waals surface area contributed by atoms with Crippen LogP contribution in [-0.2, 0) is 4.79 Å². The maximum absolute atomic E-state index is 12.2. The molecule has 0 bridgehead atoms. The van der Waals surface area contributed by atoms with Crippen LogP contribution in [-0.4, -0.2) is 17.6 Å². The van der Waals surface area contributed by atoms with Crippen LogP contribution in [0.25, 0.3) is 0 Å². The largest absolute Gasteiger partial charge is 0.384 e. The van der Waals surface area contributed by atoms with E-state index in [1.807, 2.05) is 25.1 Å². The maximum atomic E-state index is 12.2. The van der Waals surface area contributed by atoms with Crippen LogP contribution in [0.1, 0.15) is 43.2 Å². The number of hydrogen-bond acceptors (Lipinski definition) is 2. The Morgan fingerprint density at radius 1 is 1.35 bits per heavy atom. The van der Waals surface area contributed by atoms with Crippen molar-refractivity contribution in [1.29, 1.82) is 0 Å². The number of benzene rings is 1. The Labute approximate surface area is 120 Å². The third kappa shape index (κ3) is 3.85. The summed E-state index contributed by atoms with van der Waals surface area (Å²) in [6.07, 6.45) is 5.58. The molecule has 0 atom stereocenters. The number of anilines is 1. The van der Waals surface area contributed by atoms with E-state index >= 15 is 0 Å². The van der Waals surface area contributed by atoms with Crippen LogP contribution in [0.15, 0.2) is 18.2 Å². The van der Waals surface area contributed by atoms with Crippen molar-refractivity contribution >= 4 is 11.6 Å². The highest BCUT2D eigenvalue weighted by molar-refractivity contribution is 5.92. The zero-order valence-electron chi connectivity index (χ0n) is 11.9. The fourth-order valence-corrected chi connectivity index (χ4v) is 2.63. The number of hydrogen-bond donors (Lipinski definition) is 2. The topological polar surface area (TPSA) is 49.3 Å². The van der Waals surface area contributed by atoms with Crippen molar-refractivity contribution in [3.63, 3.8) is 0 Å². The Balaban J connectivity index is 2.02. The van der Waals surface area contributed by atoms with Gasteiger partial charge in [0, 0.05) is 17.2 Å². The molecule has 1 aromatic carbocycles. The number of rotatable bonds is 2. The quantitative estimate of drug-likeness (QED) is 0.813. The molecule has 3 heteroatoms. The fourth-order valence-electron chi connectivity index (χ4n) is 2.63. The smallest absolute Gasteiger partial charge is 0.227 e. The molecule has 0 aromatic heterocycles. The van der Waals surface area contributed by atoms with Crippen LogP contribution in [0.5, 0.6) is 0 Å². The second-order valence-corrected chi connectivity index (χ2v) is 5.31. The fraction of sp³-hybridized carbons (Fsp3) is 0.471. The maximum Gasteiger partial charge on any atom is 0.227 e. The molecule has 1 fully saturated rings. The summed E-state index contributed by atoms with van der Waals surface area (Å²) in [4.78, 5) is 12.2. The van der Waals surface area contributed by atoms with Gasteiger partial charge in [0.1, 0.15) is 6.61 Å². The van der Waals surface area contributed by atoms with E-state index in [0.29, 0.717) is 0 Å². The van der Waals surface area contributed by atoms with Crippen LogP contribution in [0, 0.1) is 24.7 Å². The van der Waals surface area contributed by atoms with E-state index in [-0.39, 0.29) is 18.4 Å². The third-order valence-electron chi connectivity index (χ3n) is 3.77. The van der Waals surface area contributed by atoms with Crippen molar-refractivity contribution in [3.05, 3.63) is 29.3 Å². The summed E-state index contributed by atoms with van der Waals surface area (Å²) in [7, 11) is 0. The van der Waals surface area contributed by atoms with Gasteiger partial charge in [-0.15, -0.1) is 0 Å². The van der Waals surface area contributed by atoms with Gasteiger partial charge in [-0.3, -0.25) is 4.79 Å². The molecule has 2 N–H and O–H groups in total. The van der Waals surface area contributed by atoms with E-state index in [1.165, 1.54) is 6.42 Å². The van der Waals surface area contributed by atoms with E-state index in [4.69, 9.17) is 5.11 Å². The summed E-state index contributed by atoms with van der Waals surface area (Å²) in [5.74, 6) is 5.83. The first-order valence-corrected chi connectivity index (χ1v) is 7.22. The Morgan fingerprint density at radius 2 is 2.10 bits per heavy atom. The first-order chi connectivity index (χ1) is 9.70. The molecule has 3 nitrogen and oxygen atoms in total. The predicted octanol–water partition coefficient (Wildman–Crippen LogP) is 2.86. The third-order valence-corrected chi connectivity index (χ3v) is 3.77. The zero-order chi connectivity index (χ0) is 14.4. The number of aliphatic hydroxyl groups excluding tert-OH is 1. The molecule has 0 spiro atoms. The standard InChI is InChI=1S/C17H21NO2/c1-13-12-16(10-9-14(13)8-5-11-19)18-17(20)15-6-3-2-4-7-15/h9-10,12,15,19H,2-4,6-7,11H2,1H3,(H,18,20). The van der Waals surface area contributed by atoms with Crippen molar-refractivity contribution in [2.45, 2.75) is 39.0 Å². The molecule has 1 amide bonds. The Bertz CT molecular complexity index is 534. The molecular weight excluding hydrogens is 250 g/mol. The predicted molar refractivity (Wildman–Crippen MR) is 80.3 cm³/mol. The summed E-state index contributed by atoms with van der Waals surface area (Å²) in [6, 6.07) is 5.69. The van der Waals surface area contributed by atoms with Gasteiger partial charge in [0.05, 0.1) is 0 Å². The lowest BCUT2D eigenvalue weighted by Gasteiger charge is -2.20. The van der Waals surface area contributed by atoms with Gasteiger partial charge < -0.3 is 10.4 Å². The lowest BCUT2D eigenvalue weighted by molar-refractivity contribution is -0.120. The van der Waals surface area contributed by atoms with Gasteiger partial charge in [0.15, 0.2) is 0 Å². The van der Waals surface area contributed by atoms with Crippen molar-refractivity contribution in [2.24, 2.45) is 5.92 Å². The van der Waals surface area contributed by atoms with Crippen LogP contribution >= 0.6 is 0 Å². The highest BCUT2D eigenvalue weighted by Crippen LogP contribution is 2.25. The van der Waals surface area contributed by atoms with Crippen molar-refractivity contribution in [3.8, 4) is 11.8 Å². The number of carbonyl (C=O) groups excluding carboxylic acids is 1. The van der Waals surface area contributed by atoms with E-state index in [1.54, 1.807) is 0 Å². The molecule has 1 saturated carbocycles. The van der Waals surface area contributed by atoms with Gasteiger partial charge in [0.25, 0.3) is 0 Å². The van der Waals surface area contributed by atoms with E-state index in [0.717, 1.165) is 42.5 Å². The first-order valence-electron chi connectivity index (χ1n) is 7.22. The van der Waals surface area contributed by atoms with Gasteiger partial charge in [-0.25, -0.2) is 0 Å².